The van der Waals surface area contributed by atoms with Crippen LogP contribution in [0.25, 0.3) is 0 Å². The highest BCUT2D eigenvalue weighted by Gasteiger charge is 2.43. The summed E-state index contributed by atoms with van der Waals surface area (Å²) in [5, 5.41) is 7.00. The van der Waals surface area contributed by atoms with Crippen LogP contribution >= 0.6 is 11.6 Å². The van der Waals surface area contributed by atoms with E-state index in [0.717, 1.165) is 49.9 Å². The maximum absolute atomic E-state index is 13.2. The van der Waals surface area contributed by atoms with Gasteiger partial charge in [0.25, 0.3) is 5.91 Å². The molecule has 33 heavy (non-hydrogen) atoms. The summed E-state index contributed by atoms with van der Waals surface area (Å²) < 4.78 is 0. The molecule has 2 aromatic rings. The van der Waals surface area contributed by atoms with E-state index in [4.69, 9.17) is 11.6 Å². The summed E-state index contributed by atoms with van der Waals surface area (Å²) in [4.78, 5) is 32.5. The number of carbonyl (C=O) groups is 2. The normalized spacial score (nSPS) is 24.5. The van der Waals surface area contributed by atoms with E-state index in [-0.39, 0.29) is 17.9 Å². The van der Waals surface area contributed by atoms with Crippen LogP contribution in [-0.4, -0.2) is 41.0 Å². The van der Waals surface area contributed by atoms with E-state index < -0.39 is 5.41 Å². The van der Waals surface area contributed by atoms with Gasteiger partial charge in [0.05, 0.1) is 11.0 Å². The first-order valence-corrected chi connectivity index (χ1v) is 12.3. The summed E-state index contributed by atoms with van der Waals surface area (Å²) in [5.41, 5.74) is 0.948. The second-order valence-electron chi connectivity index (χ2n) is 10.2. The molecule has 5 rings (SSSR count). The van der Waals surface area contributed by atoms with E-state index in [9.17, 15) is 9.59 Å². The van der Waals surface area contributed by atoms with Gasteiger partial charge >= 0.3 is 0 Å². The molecule has 1 aliphatic carbocycles. The van der Waals surface area contributed by atoms with Crippen LogP contribution in [0.15, 0.2) is 42.6 Å². The second-order valence-corrected chi connectivity index (χ2v) is 10.7. The van der Waals surface area contributed by atoms with Crippen LogP contribution in [0.5, 0.6) is 0 Å². The highest BCUT2D eigenvalue weighted by molar-refractivity contribution is 6.30. The van der Waals surface area contributed by atoms with Gasteiger partial charge in [-0.3, -0.25) is 9.59 Å². The Balaban J connectivity index is 1.22. The molecular formula is C26H31ClN4O2. The smallest absolute Gasteiger partial charge is 0.253 e. The van der Waals surface area contributed by atoms with Crippen LogP contribution in [0.1, 0.15) is 68.3 Å². The molecule has 1 aromatic carbocycles. The first-order chi connectivity index (χ1) is 15.8. The molecule has 3 heterocycles. The number of hydrogen-bond acceptors (Lipinski definition) is 4. The maximum Gasteiger partial charge on any atom is 0.253 e. The summed E-state index contributed by atoms with van der Waals surface area (Å²) in [6.07, 6.45) is 7.85. The number of nitrogens with one attached hydrogen (secondary N) is 2. The number of fused-ring (bicyclic) bond motifs is 2. The number of rotatable bonds is 6. The quantitative estimate of drug-likeness (QED) is 0.668. The second kappa shape index (κ2) is 8.64. The number of halogens is 1. The first-order valence-electron chi connectivity index (χ1n) is 11.9. The molecule has 174 valence electrons. The molecule has 0 spiro atoms. The number of carbonyl (C=O) groups excluding carboxylic acids is 2. The number of anilines is 1. The molecule has 2 saturated heterocycles. The van der Waals surface area contributed by atoms with E-state index in [2.05, 4.69) is 20.5 Å². The van der Waals surface area contributed by atoms with Gasteiger partial charge in [-0.25, -0.2) is 4.98 Å². The predicted molar refractivity (Wildman–Crippen MR) is 130 cm³/mol. The van der Waals surface area contributed by atoms with Gasteiger partial charge in [0.2, 0.25) is 5.91 Å². The summed E-state index contributed by atoms with van der Waals surface area (Å²) in [5.74, 6) is 0.938. The third kappa shape index (κ3) is 4.58. The minimum atomic E-state index is -0.626. The van der Waals surface area contributed by atoms with Gasteiger partial charge in [-0.15, -0.1) is 0 Å². The summed E-state index contributed by atoms with van der Waals surface area (Å²) in [6, 6.07) is 12.6. The summed E-state index contributed by atoms with van der Waals surface area (Å²) >= 11 is 6.02. The lowest BCUT2D eigenvalue weighted by molar-refractivity contribution is -0.126. The SMILES string of the molecule is CC(C)(C(=O)N[C@H]1C[C@H]2CC[C@@H](C1)N2c1ccc(C(=O)NC2CC2)cn1)c1ccc(Cl)cc1. The molecule has 0 radical (unpaired) electrons. The lowest BCUT2D eigenvalue weighted by atomic mass is 9.83. The monoisotopic (exact) mass is 466 g/mol. The Hall–Kier alpha value is -2.60. The molecule has 2 amide bonds. The van der Waals surface area contributed by atoms with E-state index >= 15 is 0 Å². The number of nitrogens with zero attached hydrogens (tertiary/aromatic N) is 2. The zero-order chi connectivity index (χ0) is 23.2. The van der Waals surface area contributed by atoms with Gasteiger partial charge in [-0.05, 0) is 82.2 Å². The van der Waals surface area contributed by atoms with Gasteiger partial charge < -0.3 is 15.5 Å². The number of aromatic nitrogens is 1. The molecule has 2 bridgehead atoms. The minimum absolute atomic E-state index is 0.0377. The van der Waals surface area contributed by atoms with Gasteiger partial charge in [0.15, 0.2) is 0 Å². The van der Waals surface area contributed by atoms with Crippen LogP contribution < -0.4 is 15.5 Å². The van der Waals surface area contributed by atoms with Crippen molar-refractivity contribution in [3.8, 4) is 0 Å². The van der Waals surface area contributed by atoms with Crippen molar-refractivity contribution in [2.45, 2.75) is 82.0 Å². The Morgan fingerprint density at radius 1 is 0.939 bits per heavy atom. The summed E-state index contributed by atoms with van der Waals surface area (Å²) in [7, 11) is 0. The molecule has 1 aromatic heterocycles. The molecule has 1 saturated carbocycles. The molecule has 0 unspecified atom stereocenters. The number of benzene rings is 1. The van der Waals surface area contributed by atoms with Gasteiger partial charge in [0.1, 0.15) is 5.82 Å². The molecule has 3 aliphatic rings. The fourth-order valence-electron chi connectivity index (χ4n) is 5.20. The fourth-order valence-corrected chi connectivity index (χ4v) is 5.33. The highest BCUT2D eigenvalue weighted by Crippen LogP contribution is 2.39. The minimum Gasteiger partial charge on any atom is -0.352 e. The Morgan fingerprint density at radius 2 is 1.61 bits per heavy atom. The summed E-state index contributed by atoms with van der Waals surface area (Å²) in [6.45, 7) is 3.92. The molecule has 3 fully saturated rings. The molecule has 2 N–H and O–H groups in total. The van der Waals surface area contributed by atoms with Crippen molar-refractivity contribution in [3.05, 3.63) is 58.7 Å². The molecule has 7 heteroatoms. The van der Waals surface area contributed by atoms with Crippen LogP contribution in [0, 0.1) is 0 Å². The van der Waals surface area contributed by atoms with Crippen molar-refractivity contribution in [3.63, 3.8) is 0 Å². The van der Waals surface area contributed by atoms with Crippen molar-refractivity contribution in [2.24, 2.45) is 0 Å². The van der Waals surface area contributed by atoms with E-state index in [0.29, 0.717) is 28.7 Å². The standard InChI is InChI=1S/C26H31ClN4O2/c1-26(2,17-4-6-18(27)7-5-17)25(33)30-20-13-21-10-11-22(14-20)31(21)23-12-3-16(15-28-23)24(32)29-19-8-9-19/h3-7,12,15,19-22H,8-11,13-14H2,1-2H3,(H,29,32)(H,30,33)/t20-,21+,22-. The van der Waals surface area contributed by atoms with Crippen molar-refractivity contribution in [1.29, 1.82) is 0 Å². The van der Waals surface area contributed by atoms with E-state index in [1.165, 1.54) is 0 Å². The zero-order valence-electron chi connectivity index (χ0n) is 19.2. The third-order valence-electron chi connectivity index (χ3n) is 7.39. The number of pyridine rings is 1. The molecular weight excluding hydrogens is 436 g/mol. The van der Waals surface area contributed by atoms with E-state index in [1.54, 1.807) is 6.20 Å². The van der Waals surface area contributed by atoms with E-state index in [1.807, 2.05) is 50.2 Å². The molecule has 3 atom stereocenters. The predicted octanol–water partition coefficient (Wildman–Crippen LogP) is 4.22. The van der Waals surface area contributed by atoms with Crippen LogP contribution in [-0.2, 0) is 10.2 Å². The van der Waals surface area contributed by atoms with Gasteiger partial charge in [-0.2, -0.15) is 0 Å². The average molecular weight is 467 g/mol. The largest absolute Gasteiger partial charge is 0.352 e. The number of hydrogen-bond donors (Lipinski definition) is 2. The van der Waals surface area contributed by atoms with Crippen molar-refractivity contribution >= 4 is 29.2 Å². The number of amides is 2. The number of piperidine rings is 1. The Morgan fingerprint density at radius 3 is 2.18 bits per heavy atom. The topological polar surface area (TPSA) is 74.3 Å². The Bertz CT molecular complexity index is 1020. The molecule has 2 aliphatic heterocycles. The van der Waals surface area contributed by atoms with Crippen LogP contribution in [0.3, 0.4) is 0 Å². The van der Waals surface area contributed by atoms with Crippen molar-refractivity contribution < 1.29 is 9.59 Å². The van der Waals surface area contributed by atoms with Crippen LogP contribution in [0.4, 0.5) is 5.82 Å². The molecule has 6 nitrogen and oxygen atoms in total. The lowest BCUT2D eigenvalue weighted by Gasteiger charge is -2.41. The fraction of sp³-hybridized carbons (Fsp3) is 0.500. The van der Waals surface area contributed by atoms with Crippen LogP contribution in [0.2, 0.25) is 5.02 Å². The highest BCUT2D eigenvalue weighted by atomic mass is 35.5. The van der Waals surface area contributed by atoms with Gasteiger partial charge in [-0.1, -0.05) is 23.7 Å². The first kappa shape index (κ1) is 22.2. The van der Waals surface area contributed by atoms with Crippen molar-refractivity contribution in [1.82, 2.24) is 15.6 Å². The lowest BCUT2D eigenvalue weighted by Crippen LogP contribution is -2.53. The van der Waals surface area contributed by atoms with Crippen molar-refractivity contribution in [2.75, 3.05) is 4.90 Å². The third-order valence-corrected chi connectivity index (χ3v) is 7.64. The Labute approximate surface area is 200 Å². The Kier molecular flexibility index (Phi) is 5.81. The maximum atomic E-state index is 13.2. The zero-order valence-corrected chi connectivity index (χ0v) is 19.9. The average Bonchev–Trinajstić information content (AvgIpc) is 3.57. The van der Waals surface area contributed by atoms with Gasteiger partial charge in [0, 0.05) is 35.4 Å².